The molecule has 3 aromatic carbocycles. The van der Waals surface area contributed by atoms with E-state index < -0.39 is 7.92 Å². The van der Waals surface area contributed by atoms with Crippen LogP contribution in [0.2, 0.25) is 0 Å². The second-order valence-electron chi connectivity index (χ2n) is 5.05. The van der Waals surface area contributed by atoms with Gasteiger partial charge in [0.05, 0.1) is 12.7 Å². The molecule has 0 aliphatic carbocycles. The van der Waals surface area contributed by atoms with E-state index in [-0.39, 0.29) is 23.0 Å². The third-order valence-electron chi connectivity index (χ3n) is 3.55. The van der Waals surface area contributed by atoms with Crippen molar-refractivity contribution in [3.8, 4) is 0 Å². The van der Waals surface area contributed by atoms with E-state index in [1.165, 1.54) is 17.7 Å². The Labute approximate surface area is 154 Å². The van der Waals surface area contributed by atoms with Gasteiger partial charge in [-0.1, -0.05) is 72.8 Å². The van der Waals surface area contributed by atoms with Crippen LogP contribution in [0.1, 0.15) is 10.4 Å². The Balaban J connectivity index is 0.00000208. The smallest absolute Gasteiger partial charge is 0.337 e. The average Bonchev–Trinajstić information content (AvgIpc) is 2.63. The van der Waals surface area contributed by atoms with E-state index in [0.29, 0.717) is 5.56 Å². The first-order valence-corrected chi connectivity index (χ1v) is 8.72. The number of methoxy groups -OCH3 is 1. The van der Waals surface area contributed by atoms with Gasteiger partial charge in [-0.2, -0.15) is 0 Å². The second-order valence-corrected chi connectivity index (χ2v) is 7.27. The predicted octanol–water partition coefficient (Wildman–Crippen LogP) is 3.81. The first-order valence-electron chi connectivity index (χ1n) is 7.38. The van der Waals surface area contributed by atoms with Crippen molar-refractivity contribution in [2.24, 2.45) is 0 Å². The lowest BCUT2D eigenvalue weighted by Crippen LogP contribution is -2.21. The maximum atomic E-state index is 11.8. The van der Waals surface area contributed by atoms with Gasteiger partial charge in [-0.25, -0.2) is 4.79 Å². The van der Waals surface area contributed by atoms with Crippen molar-refractivity contribution in [1.29, 1.82) is 0 Å². The Kier molecular flexibility index (Phi) is 6.72. The highest BCUT2D eigenvalue weighted by atomic mass is 79.9. The fourth-order valence-corrected chi connectivity index (χ4v) is 4.83. The topological polar surface area (TPSA) is 26.3 Å². The van der Waals surface area contributed by atoms with Crippen LogP contribution in [0.4, 0.5) is 0 Å². The van der Waals surface area contributed by atoms with Gasteiger partial charge in [-0.05, 0) is 36.0 Å². The summed E-state index contributed by atoms with van der Waals surface area (Å²) in [7, 11) is 0.709. The third kappa shape index (κ3) is 4.11. The van der Waals surface area contributed by atoms with Crippen molar-refractivity contribution in [2.75, 3.05) is 7.11 Å². The highest BCUT2D eigenvalue weighted by Crippen LogP contribution is 2.32. The summed E-state index contributed by atoms with van der Waals surface area (Å²) in [6.07, 6.45) is 0. The number of ether oxygens (including phenoxy) is 1. The SMILES string of the molecule is Br.COC(=O)c1cccc(P(c2ccccc2)c2ccccc2)c1. The van der Waals surface area contributed by atoms with Crippen molar-refractivity contribution < 1.29 is 9.53 Å². The molecule has 2 nitrogen and oxygen atoms in total. The molecule has 0 spiro atoms. The molecule has 0 fully saturated rings. The Morgan fingerprint density at radius 1 is 0.750 bits per heavy atom. The standard InChI is InChI=1S/C20H17O2P.BrH/c1-22-20(21)16-9-8-14-19(15-16)23(17-10-4-2-5-11-17)18-12-6-3-7-13-18;/h2-15H,1H3;1H. The lowest BCUT2D eigenvalue weighted by atomic mass is 10.2. The summed E-state index contributed by atoms with van der Waals surface area (Å²) < 4.78 is 4.85. The third-order valence-corrected chi connectivity index (χ3v) is 5.98. The number of esters is 1. The molecule has 4 heteroatoms. The number of hydrogen-bond donors (Lipinski definition) is 0. The van der Waals surface area contributed by atoms with E-state index in [0.717, 1.165) is 5.30 Å². The molecule has 0 amide bonds. The molecule has 0 saturated heterocycles. The van der Waals surface area contributed by atoms with E-state index in [4.69, 9.17) is 4.74 Å². The summed E-state index contributed by atoms with van der Waals surface area (Å²) in [5.74, 6) is -0.303. The van der Waals surface area contributed by atoms with Crippen molar-refractivity contribution in [2.45, 2.75) is 0 Å². The summed E-state index contributed by atoms with van der Waals surface area (Å²) in [5.41, 5.74) is 0.587. The zero-order valence-corrected chi connectivity index (χ0v) is 15.9. The first kappa shape index (κ1) is 18.4. The van der Waals surface area contributed by atoms with Crippen LogP contribution in [0.15, 0.2) is 84.9 Å². The van der Waals surface area contributed by atoms with Crippen LogP contribution in [0.25, 0.3) is 0 Å². The molecule has 0 aliphatic heterocycles. The minimum absolute atomic E-state index is 0. The van der Waals surface area contributed by atoms with Crippen molar-refractivity contribution >= 4 is 46.8 Å². The normalized spacial score (nSPS) is 10.1. The van der Waals surface area contributed by atoms with Crippen molar-refractivity contribution in [3.05, 3.63) is 90.5 Å². The van der Waals surface area contributed by atoms with Crippen LogP contribution in [-0.4, -0.2) is 13.1 Å². The highest BCUT2D eigenvalue weighted by Gasteiger charge is 2.17. The molecule has 0 unspecified atom stereocenters. The van der Waals surface area contributed by atoms with Gasteiger partial charge in [0.1, 0.15) is 0 Å². The zero-order valence-electron chi connectivity index (χ0n) is 13.3. The van der Waals surface area contributed by atoms with Gasteiger partial charge in [0.15, 0.2) is 0 Å². The molecular weight excluding hydrogens is 383 g/mol. The minimum Gasteiger partial charge on any atom is -0.465 e. The van der Waals surface area contributed by atoms with Gasteiger partial charge >= 0.3 is 5.97 Å². The molecule has 0 N–H and O–H groups in total. The lowest BCUT2D eigenvalue weighted by Gasteiger charge is -2.19. The zero-order chi connectivity index (χ0) is 16.1. The molecule has 122 valence electrons. The largest absolute Gasteiger partial charge is 0.465 e. The number of carbonyl (C=O) groups is 1. The van der Waals surface area contributed by atoms with Crippen LogP contribution in [0.5, 0.6) is 0 Å². The Morgan fingerprint density at radius 3 is 1.75 bits per heavy atom. The van der Waals surface area contributed by atoms with Gasteiger partial charge in [0.2, 0.25) is 0 Å². The molecular formula is C20H18BrO2P. The lowest BCUT2D eigenvalue weighted by molar-refractivity contribution is 0.0601. The second kappa shape index (κ2) is 8.77. The highest BCUT2D eigenvalue weighted by molar-refractivity contribution is 8.93. The molecule has 0 bridgehead atoms. The maximum Gasteiger partial charge on any atom is 0.337 e. The molecule has 24 heavy (non-hydrogen) atoms. The van der Waals surface area contributed by atoms with E-state index in [9.17, 15) is 4.79 Å². The summed E-state index contributed by atoms with van der Waals surface area (Å²) in [4.78, 5) is 11.8. The number of hydrogen-bond acceptors (Lipinski definition) is 2. The molecule has 0 radical (unpaired) electrons. The number of rotatable bonds is 4. The Bertz CT molecular complexity index is 752. The van der Waals surface area contributed by atoms with Crippen LogP contribution in [-0.2, 0) is 4.74 Å². The van der Waals surface area contributed by atoms with E-state index in [1.807, 2.05) is 24.3 Å². The molecule has 0 heterocycles. The van der Waals surface area contributed by atoms with Gasteiger partial charge in [-0.3, -0.25) is 0 Å². The van der Waals surface area contributed by atoms with Gasteiger partial charge < -0.3 is 4.74 Å². The van der Waals surface area contributed by atoms with Crippen LogP contribution >= 0.6 is 24.9 Å². The van der Waals surface area contributed by atoms with Crippen LogP contribution in [0.3, 0.4) is 0 Å². The fraction of sp³-hybridized carbons (Fsp3) is 0.0500. The van der Waals surface area contributed by atoms with E-state index in [2.05, 4.69) is 54.6 Å². The fourth-order valence-electron chi connectivity index (χ4n) is 2.49. The molecule has 3 aromatic rings. The van der Waals surface area contributed by atoms with Crippen LogP contribution in [0, 0.1) is 0 Å². The van der Waals surface area contributed by atoms with Gasteiger partial charge in [0.25, 0.3) is 0 Å². The van der Waals surface area contributed by atoms with Crippen molar-refractivity contribution in [3.63, 3.8) is 0 Å². The molecule has 3 rings (SSSR count). The van der Waals surface area contributed by atoms with Gasteiger partial charge in [0, 0.05) is 0 Å². The Morgan fingerprint density at radius 2 is 1.25 bits per heavy atom. The average molecular weight is 401 g/mol. The molecule has 0 atom stereocenters. The number of benzene rings is 3. The molecule has 0 aromatic heterocycles. The monoisotopic (exact) mass is 400 g/mol. The minimum atomic E-state index is -0.700. The van der Waals surface area contributed by atoms with Crippen LogP contribution < -0.4 is 15.9 Å². The predicted molar refractivity (Wildman–Crippen MR) is 107 cm³/mol. The van der Waals surface area contributed by atoms with E-state index >= 15 is 0 Å². The maximum absolute atomic E-state index is 11.8. The van der Waals surface area contributed by atoms with Gasteiger partial charge in [-0.15, -0.1) is 17.0 Å². The summed E-state index contributed by atoms with van der Waals surface area (Å²) in [5, 5.41) is 3.66. The first-order chi connectivity index (χ1) is 11.3. The Hall–Kier alpha value is -1.96. The number of halogens is 1. The number of carbonyl (C=O) groups excluding carboxylic acids is 1. The molecule has 0 saturated carbocycles. The van der Waals surface area contributed by atoms with Crippen molar-refractivity contribution in [1.82, 2.24) is 0 Å². The quantitative estimate of drug-likeness (QED) is 0.491. The van der Waals surface area contributed by atoms with E-state index in [1.54, 1.807) is 6.07 Å². The summed E-state index contributed by atoms with van der Waals surface area (Å²) >= 11 is 0. The summed E-state index contributed by atoms with van der Waals surface area (Å²) in [6.45, 7) is 0. The summed E-state index contributed by atoms with van der Waals surface area (Å²) in [6, 6.07) is 28.6. The molecule has 0 aliphatic rings.